The van der Waals surface area contributed by atoms with E-state index >= 15 is 0 Å². The van der Waals surface area contributed by atoms with Gasteiger partial charge < -0.3 is 16.0 Å². The molecule has 1 rings (SSSR count). The highest BCUT2D eigenvalue weighted by Gasteiger charge is 2.35. The molecule has 0 aliphatic heterocycles. The van der Waals surface area contributed by atoms with Gasteiger partial charge in [0, 0.05) is 18.6 Å². The molecule has 0 spiro atoms. The second kappa shape index (κ2) is 10.7. The van der Waals surface area contributed by atoms with Crippen LogP contribution in [0.5, 0.6) is 0 Å². The van der Waals surface area contributed by atoms with Gasteiger partial charge in [0.2, 0.25) is 5.91 Å². The van der Waals surface area contributed by atoms with Crippen LogP contribution in [0.15, 0.2) is 0 Å². The predicted octanol–water partition coefficient (Wildman–Crippen LogP) is 2.58. The molecule has 6 heteroatoms. The first-order valence-electron chi connectivity index (χ1n) is 7.66. The average Bonchev–Trinajstić information content (AvgIpc) is 2.41. The van der Waals surface area contributed by atoms with Crippen molar-refractivity contribution < 1.29 is 4.79 Å². The number of hydrogen-bond donors (Lipinski definition) is 2. The lowest BCUT2D eigenvalue weighted by molar-refractivity contribution is -0.132. The van der Waals surface area contributed by atoms with Crippen LogP contribution in [0.1, 0.15) is 52.4 Å². The van der Waals surface area contributed by atoms with E-state index in [-0.39, 0.29) is 36.1 Å². The van der Waals surface area contributed by atoms with E-state index in [4.69, 9.17) is 5.73 Å². The average molecular weight is 342 g/mol. The van der Waals surface area contributed by atoms with Gasteiger partial charge in [0.25, 0.3) is 0 Å². The monoisotopic (exact) mass is 341 g/mol. The van der Waals surface area contributed by atoms with Crippen LogP contribution >= 0.6 is 24.8 Å². The van der Waals surface area contributed by atoms with E-state index in [9.17, 15) is 4.79 Å². The first-order valence-corrected chi connectivity index (χ1v) is 7.66. The molecule has 3 N–H and O–H groups in total. The van der Waals surface area contributed by atoms with Crippen LogP contribution in [0.4, 0.5) is 0 Å². The van der Waals surface area contributed by atoms with E-state index in [0.29, 0.717) is 18.6 Å². The minimum absolute atomic E-state index is 0. The topological polar surface area (TPSA) is 58.4 Å². The van der Waals surface area contributed by atoms with Gasteiger partial charge in [0.1, 0.15) is 0 Å². The van der Waals surface area contributed by atoms with Crippen LogP contribution < -0.4 is 11.1 Å². The molecule has 128 valence electrons. The second-order valence-corrected chi connectivity index (χ2v) is 6.15. The van der Waals surface area contributed by atoms with Crippen LogP contribution in [-0.2, 0) is 4.79 Å². The Morgan fingerprint density at radius 2 is 1.81 bits per heavy atom. The van der Waals surface area contributed by atoms with Crippen molar-refractivity contribution in [2.75, 3.05) is 20.6 Å². The first-order chi connectivity index (χ1) is 8.99. The third kappa shape index (κ3) is 5.93. The van der Waals surface area contributed by atoms with E-state index in [2.05, 4.69) is 38.2 Å². The van der Waals surface area contributed by atoms with Crippen molar-refractivity contribution in [3.63, 3.8) is 0 Å². The van der Waals surface area contributed by atoms with Crippen molar-refractivity contribution in [1.82, 2.24) is 10.2 Å². The summed E-state index contributed by atoms with van der Waals surface area (Å²) in [7, 11) is 4.24. The number of hydrogen-bond acceptors (Lipinski definition) is 3. The van der Waals surface area contributed by atoms with Crippen molar-refractivity contribution in [3.8, 4) is 0 Å². The standard InChI is InChI=1S/C15H31N3O.2ClH/c1-5-15(6-2,11-16)14(19)17-12-8-7-9-13(10-12)18(3)4;;/h12-13H,5-11,16H2,1-4H3,(H,17,19);2*1H. The van der Waals surface area contributed by atoms with Gasteiger partial charge in [0.15, 0.2) is 0 Å². The van der Waals surface area contributed by atoms with Gasteiger partial charge in [-0.1, -0.05) is 13.8 Å². The molecular formula is C15H33Cl2N3O. The van der Waals surface area contributed by atoms with Gasteiger partial charge in [-0.2, -0.15) is 0 Å². The third-order valence-electron chi connectivity index (χ3n) is 4.94. The number of amides is 1. The molecule has 0 heterocycles. The lowest BCUT2D eigenvalue weighted by Crippen LogP contribution is -2.51. The maximum Gasteiger partial charge on any atom is 0.227 e. The molecular weight excluding hydrogens is 309 g/mol. The summed E-state index contributed by atoms with van der Waals surface area (Å²) in [5, 5.41) is 3.25. The van der Waals surface area contributed by atoms with E-state index in [1.165, 1.54) is 12.8 Å². The molecule has 1 aliphatic carbocycles. The molecule has 2 unspecified atom stereocenters. The summed E-state index contributed by atoms with van der Waals surface area (Å²) in [5.41, 5.74) is 5.47. The molecule has 0 saturated heterocycles. The molecule has 0 bridgehead atoms. The summed E-state index contributed by atoms with van der Waals surface area (Å²) in [6.07, 6.45) is 6.23. The van der Waals surface area contributed by atoms with Crippen molar-refractivity contribution in [2.24, 2.45) is 11.1 Å². The van der Waals surface area contributed by atoms with Crippen LogP contribution in [0.2, 0.25) is 0 Å². The molecule has 0 aromatic rings. The van der Waals surface area contributed by atoms with Crippen LogP contribution in [0.25, 0.3) is 0 Å². The smallest absolute Gasteiger partial charge is 0.227 e. The number of nitrogens with zero attached hydrogens (tertiary/aromatic N) is 1. The van der Waals surface area contributed by atoms with Gasteiger partial charge in [-0.3, -0.25) is 4.79 Å². The molecule has 21 heavy (non-hydrogen) atoms. The van der Waals surface area contributed by atoms with Crippen LogP contribution in [-0.4, -0.2) is 43.5 Å². The summed E-state index contributed by atoms with van der Waals surface area (Å²) in [6, 6.07) is 0.909. The Morgan fingerprint density at radius 1 is 1.24 bits per heavy atom. The maximum atomic E-state index is 12.5. The molecule has 0 aromatic heterocycles. The van der Waals surface area contributed by atoms with Crippen LogP contribution in [0.3, 0.4) is 0 Å². The first kappa shape index (κ1) is 23.2. The minimum atomic E-state index is -0.370. The SMILES string of the molecule is CCC(CC)(CN)C(=O)NC1CCCC(N(C)C)C1.Cl.Cl. The largest absolute Gasteiger partial charge is 0.353 e. The highest BCUT2D eigenvalue weighted by atomic mass is 35.5. The molecule has 1 amide bonds. The Morgan fingerprint density at radius 3 is 2.24 bits per heavy atom. The lowest BCUT2D eigenvalue weighted by atomic mass is 9.80. The zero-order chi connectivity index (χ0) is 14.5. The predicted molar refractivity (Wildman–Crippen MR) is 94.4 cm³/mol. The van der Waals surface area contributed by atoms with E-state index < -0.39 is 0 Å². The molecule has 0 radical (unpaired) electrons. The van der Waals surface area contributed by atoms with Crippen molar-refractivity contribution in [1.29, 1.82) is 0 Å². The highest BCUT2D eigenvalue weighted by Crippen LogP contribution is 2.27. The van der Waals surface area contributed by atoms with E-state index in [1.807, 2.05) is 0 Å². The minimum Gasteiger partial charge on any atom is -0.353 e. The molecule has 0 aromatic carbocycles. The number of nitrogens with two attached hydrogens (primary N) is 1. The zero-order valence-electron chi connectivity index (χ0n) is 13.9. The fourth-order valence-corrected chi connectivity index (χ4v) is 3.06. The Balaban J connectivity index is 0. The van der Waals surface area contributed by atoms with Gasteiger partial charge >= 0.3 is 0 Å². The van der Waals surface area contributed by atoms with E-state index in [1.54, 1.807) is 0 Å². The molecule has 4 nitrogen and oxygen atoms in total. The molecule has 1 fully saturated rings. The lowest BCUT2D eigenvalue weighted by Gasteiger charge is -2.36. The zero-order valence-corrected chi connectivity index (χ0v) is 15.5. The summed E-state index contributed by atoms with van der Waals surface area (Å²) < 4.78 is 0. The van der Waals surface area contributed by atoms with E-state index in [0.717, 1.165) is 25.7 Å². The fourth-order valence-electron chi connectivity index (χ4n) is 3.06. The van der Waals surface area contributed by atoms with Crippen molar-refractivity contribution in [2.45, 2.75) is 64.5 Å². The normalized spacial score (nSPS) is 22.2. The summed E-state index contributed by atoms with van der Waals surface area (Å²) >= 11 is 0. The summed E-state index contributed by atoms with van der Waals surface area (Å²) in [4.78, 5) is 14.8. The quantitative estimate of drug-likeness (QED) is 0.780. The van der Waals surface area contributed by atoms with Gasteiger partial charge in [0.05, 0.1) is 5.41 Å². The number of rotatable bonds is 6. The van der Waals surface area contributed by atoms with Gasteiger partial charge in [-0.05, 0) is 52.6 Å². The Kier molecular flexibility index (Phi) is 11.8. The fraction of sp³-hybridized carbons (Fsp3) is 0.933. The summed E-state index contributed by atoms with van der Waals surface area (Å²) in [5.74, 6) is 0.157. The number of nitrogens with one attached hydrogen (secondary N) is 1. The number of carbonyl (C=O) groups is 1. The Bertz CT molecular complexity index is 288. The Hall–Kier alpha value is -0.0300. The Labute approximate surface area is 142 Å². The summed E-state index contributed by atoms with van der Waals surface area (Å²) in [6.45, 7) is 4.55. The van der Waals surface area contributed by atoms with Crippen molar-refractivity contribution >= 4 is 30.7 Å². The molecule has 2 atom stereocenters. The highest BCUT2D eigenvalue weighted by molar-refractivity contribution is 5.85. The number of halogens is 2. The van der Waals surface area contributed by atoms with Crippen molar-refractivity contribution in [3.05, 3.63) is 0 Å². The second-order valence-electron chi connectivity index (χ2n) is 6.15. The molecule has 1 aliphatic rings. The number of carbonyl (C=O) groups excluding carboxylic acids is 1. The maximum absolute atomic E-state index is 12.5. The van der Waals surface area contributed by atoms with Gasteiger partial charge in [-0.15, -0.1) is 24.8 Å². The van der Waals surface area contributed by atoms with Gasteiger partial charge in [-0.25, -0.2) is 0 Å². The molecule has 1 saturated carbocycles. The third-order valence-corrected chi connectivity index (χ3v) is 4.94. The van der Waals surface area contributed by atoms with Crippen LogP contribution in [0, 0.1) is 5.41 Å².